The van der Waals surface area contributed by atoms with Gasteiger partial charge in [0.05, 0.1) is 5.69 Å². The third-order valence-corrected chi connectivity index (χ3v) is 2.39. The Morgan fingerprint density at radius 1 is 0.929 bits per heavy atom. The molecule has 0 fully saturated rings. The summed E-state index contributed by atoms with van der Waals surface area (Å²) in [7, 11) is 0. The highest BCUT2D eigenvalue weighted by Gasteiger charge is 2.05. The van der Waals surface area contributed by atoms with Crippen LogP contribution in [0.1, 0.15) is 0 Å². The minimum Gasteiger partial charge on any atom is -0.264 e. The summed E-state index contributed by atoms with van der Waals surface area (Å²) in [4.78, 5) is 8.48. The van der Waals surface area contributed by atoms with Crippen LogP contribution in [0.5, 0.6) is 0 Å². The minimum absolute atomic E-state index is 1.03. The van der Waals surface area contributed by atoms with Crippen LogP contribution in [-0.2, 0) is 0 Å². The standard InChI is InChI=1S/C12H8N2/c1-2-9-4-6-13-8-11(9)12-10(3-1)5-7-14-12/h1-8H. The summed E-state index contributed by atoms with van der Waals surface area (Å²) in [6, 6.07) is 10.2. The van der Waals surface area contributed by atoms with Gasteiger partial charge in [-0.1, -0.05) is 18.2 Å². The fraction of sp³-hybridized carbons (Fsp3) is 0. The van der Waals surface area contributed by atoms with Crippen LogP contribution in [-0.4, -0.2) is 9.97 Å². The third-order valence-electron chi connectivity index (χ3n) is 2.39. The predicted octanol–water partition coefficient (Wildman–Crippen LogP) is 2.73. The first-order valence-electron chi connectivity index (χ1n) is 4.52. The first-order valence-corrected chi connectivity index (χ1v) is 4.52. The van der Waals surface area contributed by atoms with Crippen molar-refractivity contribution >= 4 is 10.8 Å². The molecule has 2 heterocycles. The molecule has 0 aromatic carbocycles. The zero-order chi connectivity index (χ0) is 9.38. The fourth-order valence-electron chi connectivity index (χ4n) is 1.71. The average molecular weight is 180 g/mol. The first kappa shape index (κ1) is 7.44. The van der Waals surface area contributed by atoms with E-state index in [1.54, 1.807) is 6.20 Å². The Balaban J connectivity index is 2.56. The SMILES string of the molecule is c1cc2ccnc-2c2cnccc2c1. The fourth-order valence-corrected chi connectivity index (χ4v) is 1.71. The van der Waals surface area contributed by atoms with Gasteiger partial charge in [-0.05, 0) is 17.5 Å². The van der Waals surface area contributed by atoms with Crippen LogP contribution in [0.3, 0.4) is 0 Å². The summed E-state index contributed by atoms with van der Waals surface area (Å²) < 4.78 is 0. The number of rotatable bonds is 0. The van der Waals surface area contributed by atoms with Crippen molar-refractivity contribution in [2.45, 2.75) is 0 Å². The van der Waals surface area contributed by atoms with E-state index in [-0.39, 0.29) is 0 Å². The average Bonchev–Trinajstić information content (AvgIpc) is 2.61. The predicted molar refractivity (Wildman–Crippen MR) is 56.2 cm³/mol. The Kier molecular flexibility index (Phi) is 1.47. The molecule has 0 amide bonds. The maximum Gasteiger partial charge on any atom is 0.0796 e. The van der Waals surface area contributed by atoms with Crippen LogP contribution < -0.4 is 0 Å². The summed E-state index contributed by atoms with van der Waals surface area (Å²) in [6.45, 7) is 0. The lowest BCUT2D eigenvalue weighted by atomic mass is 10.1. The second kappa shape index (κ2) is 2.77. The Morgan fingerprint density at radius 3 is 2.93 bits per heavy atom. The van der Waals surface area contributed by atoms with Crippen molar-refractivity contribution in [3.8, 4) is 11.3 Å². The molecule has 0 bridgehead atoms. The Morgan fingerprint density at radius 2 is 1.93 bits per heavy atom. The second-order valence-electron chi connectivity index (χ2n) is 3.24. The van der Waals surface area contributed by atoms with Gasteiger partial charge in [-0.2, -0.15) is 0 Å². The monoisotopic (exact) mass is 180 g/mol. The van der Waals surface area contributed by atoms with Gasteiger partial charge < -0.3 is 0 Å². The highest BCUT2D eigenvalue weighted by Crippen LogP contribution is 2.26. The van der Waals surface area contributed by atoms with E-state index in [1.165, 1.54) is 5.39 Å². The molecule has 14 heavy (non-hydrogen) atoms. The van der Waals surface area contributed by atoms with E-state index in [4.69, 9.17) is 0 Å². The van der Waals surface area contributed by atoms with Crippen molar-refractivity contribution in [3.63, 3.8) is 0 Å². The molecule has 2 nitrogen and oxygen atoms in total. The molecule has 0 spiro atoms. The zero-order valence-corrected chi connectivity index (χ0v) is 7.51. The molecule has 1 aliphatic heterocycles. The lowest BCUT2D eigenvalue weighted by Crippen LogP contribution is -1.76. The van der Waals surface area contributed by atoms with Gasteiger partial charge in [-0.25, -0.2) is 0 Å². The molecular weight excluding hydrogens is 172 g/mol. The van der Waals surface area contributed by atoms with Crippen molar-refractivity contribution in [2.24, 2.45) is 0 Å². The van der Waals surface area contributed by atoms with E-state index in [2.05, 4.69) is 22.1 Å². The van der Waals surface area contributed by atoms with Gasteiger partial charge in [0.25, 0.3) is 0 Å². The quantitative estimate of drug-likeness (QED) is 0.531. The van der Waals surface area contributed by atoms with Gasteiger partial charge in [0.15, 0.2) is 0 Å². The van der Waals surface area contributed by atoms with Crippen LogP contribution in [0.2, 0.25) is 0 Å². The number of nitrogens with zero attached hydrogens (tertiary/aromatic N) is 2. The van der Waals surface area contributed by atoms with Gasteiger partial charge in [0, 0.05) is 29.5 Å². The van der Waals surface area contributed by atoms with Crippen molar-refractivity contribution < 1.29 is 0 Å². The summed E-state index contributed by atoms with van der Waals surface area (Å²) >= 11 is 0. The maximum atomic E-state index is 4.35. The molecule has 2 heteroatoms. The van der Waals surface area contributed by atoms with Gasteiger partial charge in [-0.15, -0.1) is 0 Å². The van der Waals surface area contributed by atoms with Gasteiger partial charge in [-0.3, -0.25) is 9.97 Å². The Bertz CT molecular complexity index is 560. The molecule has 3 rings (SSSR count). The smallest absolute Gasteiger partial charge is 0.0796 e. The molecule has 1 aliphatic carbocycles. The van der Waals surface area contributed by atoms with E-state index < -0.39 is 0 Å². The molecule has 2 aliphatic rings. The van der Waals surface area contributed by atoms with Crippen molar-refractivity contribution in [2.75, 3.05) is 0 Å². The van der Waals surface area contributed by atoms with Crippen molar-refractivity contribution in [1.82, 2.24) is 9.97 Å². The van der Waals surface area contributed by atoms with Crippen LogP contribution in [0.25, 0.3) is 22.0 Å². The third kappa shape index (κ3) is 0.973. The summed E-state index contributed by atoms with van der Waals surface area (Å²) in [5.74, 6) is 0. The van der Waals surface area contributed by atoms with Crippen LogP contribution >= 0.6 is 0 Å². The Hall–Kier alpha value is -1.96. The molecule has 0 radical (unpaired) electrons. The first-order chi connectivity index (χ1) is 6.95. The number of hydrogen-bond donors (Lipinski definition) is 0. The van der Waals surface area contributed by atoms with Gasteiger partial charge in [0.1, 0.15) is 0 Å². The summed E-state index contributed by atoms with van der Waals surface area (Å²) in [5.41, 5.74) is 2.19. The molecule has 0 saturated carbocycles. The highest BCUT2D eigenvalue weighted by molar-refractivity contribution is 5.94. The second-order valence-corrected chi connectivity index (χ2v) is 3.24. The number of aromatic nitrogens is 2. The maximum absolute atomic E-state index is 4.35. The number of fused-ring (bicyclic) bond motifs is 3. The summed E-state index contributed by atoms with van der Waals surface area (Å²) in [6.07, 6.45) is 5.50. The van der Waals surface area contributed by atoms with Crippen LogP contribution in [0, 0.1) is 0 Å². The Labute approximate surface area is 81.6 Å². The zero-order valence-electron chi connectivity index (χ0n) is 7.51. The molecule has 66 valence electrons. The highest BCUT2D eigenvalue weighted by atomic mass is 14.7. The molecule has 1 aromatic heterocycles. The molecule has 0 unspecified atom stereocenters. The minimum atomic E-state index is 1.03. The number of pyridine rings is 1. The normalized spacial score (nSPS) is 10.9. The number of hydrogen-bond acceptors (Lipinski definition) is 2. The van der Waals surface area contributed by atoms with E-state index >= 15 is 0 Å². The molecule has 0 saturated heterocycles. The topological polar surface area (TPSA) is 25.8 Å². The lowest BCUT2D eigenvalue weighted by molar-refractivity contribution is 1.35. The van der Waals surface area contributed by atoms with Crippen LogP contribution in [0.4, 0.5) is 0 Å². The van der Waals surface area contributed by atoms with E-state index in [9.17, 15) is 0 Å². The van der Waals surface area contributed by atoms with Crippen molar-refractivity contribution in [1.29, 1.82) is 0 Å². The van der Waals surface area contributed by atoms with Gasteiger partial charge in [0.2, 0.25) is 0 Å². The molecular formula is C12H8N2. The van der Waals surface area contributed by atoms with E-state index in [0.29, 0.717) is 0 Å². The molecule has 0 atom stereocenters. The molecule has 1 aromatic rings. The van der Waals surface area contributed by atoms with Crippen molar-refractivity contribution in [3.05, 3.63) is 48.9 Å². The van der Waals surface area contributed by atoms with E-state index in [1.807, 2.05) is 30.6 Å². The largest absolute Gasteiger partial charge is 0.264 e. The lowest BCUT2D eigenvalue weighted by Gasteiger charge is -1.94. The van der Waals surface area contributed by atoms with Gasteiger partial charge >= 0.3 is 0 Å². The van der Waals surface area contributed by atoms with E-state index in [0.717, 1.165) is 16.6 Å². The molecule has 0 N–H and O–H groups in total. The summed E-state index contributed by atoms with van der Waals surface area (Å²) in [5, 5.41) is 2.28. The van der Waals surface area contributed by atoms with Crippen LogP contribution in [0.15, 0.2) is 48.9 Å².